The molecule has 0 saturated carbocycles. The van der Waals surface area contributed by atoms with Crippen LogP contribution in [0.5, 0.6) is 0 Å². The Kier molecular flexibility index (Phi) is 3.10. The van der Waals surface area contributed by atoms with Crippen LogP contribution < -0.4 is 0 Å². The zero-order valence-corrected chi connectivity index (χ0v) is 8.17. The molecule has 1 saturated heterocycles. The van der Waals surface area contributed by atoms with Crippen molar-refractivity contribution in [2.45, 2.75) is 35.5 Å². The SMILES string of the molecule is C[C@@H]1O[C@@H](I)[C@@H](O)[C@H](O)[C@@H]1O. The van der Waals surface area contributed by atoms with Crippen molar-refractivity contribution in [2.75, 3.05) is 0 Å². The van der Waals surface area contributed by atoms with E-state index in [1.165, 1.54) is 0 Å². The second-order valence-corrected chi connectivity index (χ2v) is 3.89. The summed E-state index contributed by atoms with van der Waals surface area (Å²) in [5.41, 5.74) is 0. The van der Waals surface area contributed by atoms with E-state index in [2.05, 4.69) is 0 Å². The molecule has 0 aromatic carbocycles. The van der Waals surface area contributed by atoms with Crippen LogP contribution in [0.2, 0.25) is 0 Å². The fourth-order valence-corrected chi connectivity index (χ4v) is 1.89. The van der Waals surface area contributed by atoms with Gasteiger partial charge in [-0.1, -0.05) is 0 Å². The van der Waals surface area contributed by atoms with Gasteiger partial charge < -0.3 is 20.1 Å². The molecule has 1 aliphatic rings. The van der Waals surface area contributed by atoms with Gasteiger partial charge in [-0.3, -0.25) is 0 Å². The average Bonchev–Trinajstić information content (AvgIpc) is 1.97. The van der Waals surface area contributed by atoms with E-state index in [1.807, 2.05) is 22.6 Å². The maximum atomic E-state index is 9.20. The van der Waals surface area contributed by atoms with Gasteiger partial charge in [-0.15, -0.1) is 0 Å². The molecule has 0 aromatic heterocycles. The maximum absolute atomic E-state index is 9.20. The van der Waals surface area contributed by atoms with Crippen LogP contribution in [0.3, 0.4) is 0 Å². The van der Waals surface area contributed by atoms with Gasteiger partial charge in [0.15, 0.2) is 0 Å². The number of halogens is 1. The molecule has 11 heavy (non-hydrogen) atoms. The van der Waals surface area contributed by atoms with Gasteiger partial charge >= 0.3 is 0 Å². The van der Waals surface area contributed by atoms with Gasteiger partial charge in [-0.05, 0) is 29.5 Å². The van der Waals surface area contributed by atoms with E-state index in [1.54, 1.807) is 6.92 Å². The Balaban J connectivity index is 2.63. The van der Waals surface area contributed by atoms with Gasteiger partial charge in [0.05, 0.1) is 6.10 Å². The van der Waals surface area contributed by atoms with E-state index >= 15 is 0 Å². The molecular formula is C6H11IO4. The smallest absolute Gasteiger partial charge is 0.137 e. The zero-order valence-electron chi connectivity index (χ0n) is 6.01. The molecule has 0 aromatic rings. The lowest BCUT2D eigenvalue weighted by atomic mass is 10.0. The van der Waals surface area contributed by atoms with Crippen LogP contribution >= 0.6 is 22.6 Å². The second-order valence-electron chi connectivity index (χ2n) is 2.66. The lowest BCUT2D eigenvalue weighted by molar-refractivity contribution is -0.187. The van der Waals surface area contributed by atoms with Gasteiger partial charge in [0.25, 0.3) is 0 Å². The van der Waals surface area contributed by atoms with E-state index < -0.39 is 28.5 Å². The largest absolute Gasteiger partial charge is 0.388 e. The van der Waals surface area contributed by atoms with Crippen LogP contribution in [0.4, 0.5) is 0 Å². The number of alkyl halides is 1. The molecule has 0 bridgehead atoms. The minimum atomic E-state index is -1.10. The summed E-state index contributed by atoms with van der Waals surface area (Å²) in [5.74, 6) is 0. The lowest BCUT2D eigenvalue weighted by Crippen LogP contribution is -2.54. The molecule has 4 nitrogen and oxygen atoms in total. The molecule has 1 fully saturated rings. The number of hydrogen-bond acceptors (Lipinski definition) is 4. The number of hydrogen-bond donors (Lipinski definition) is 3. The molecule has 3 N–H and O–H groups in total. The Hall–Kier alpha value is 0.570. The molecule has 0 aliphatic carbocycles. The second kappa shape index (κ2) is 3.53. The summed E-state index contributed by atoms with van der Waals surface area (Å²) in [6.07, 6.45) is -3.51. The van der Waals surface area contributed by atoms with Gasteiger partial charge in [-0.2, -0.15) is 0 Å². The molecule has 0 amide bonds. The zero-order chi connectivity index (χ0) is 8.59. The third-order valence-corrected chi connectivity index (χ3v) is 2.82. The number of rotatable bonds is 0. The molecule has 1 rings (SSSR count). The molecule has 0 spiro atoms. The summed E-state index contributed by atoms with van der Waals surface area (Å²) in [6.45, 7) is 1.66. The van der Waals surface area contributed by atoms with Crippen molar-refractivity contribution >= 4 is 22.6 Å². The molecule has 5 heteroatoms. The molecule has 1 heterocycles. The third kappa shape index (κ3) is 1.83. The fraction of sp³-hybridized carbons (Fsp3) is 1.00. The number of aliphatic hydroxyl groups excluding tert-OH is 3. The van der Waals surface area contributed by atoms with Gasteiger partial charge in [-0.25, -0.2) is 0 Å². The molecular weight excluding hydrogens is 263 g/mol. The van der Waals surface area contributed by atoms with Crippen LogP contribution in [0.25, 0.3) is 0 Å². The van der Waals surface area contributed by atoms with E-state index in [9.17, 15) is 15.3 Å². The minimum Gasteiger partial charge on any atom is -0.388 e. The van der Waals surface area contributed by atoms with E-state index in [0.717, 1.165) is 0 Å². The summed E-state index contributed by atoms with van der Waals surface area (Å²) in [5, 5.41) is 27.6. The monoisotopic (exact) mass is 274 g/mol. The van der Waals surface area contributed by atoms with Crippen LogP contribution in [-0.4, -0.2) is 43.8 Å². The Morgan fingerprint density at radius 3 is 2.18 bits per heavy atom. The quantitative estimate of drug-likeness (QED) is 0.401. The van der Waals surface area contributed by atoms with Crippen molar-refractivity contribution < 1.29 is 20.1 Å². The highest BCUT2D eigenvalue weighted by molar-refractivity contribution is 14.1. The summed E-state index contributed by atoms with van der Waals surface area (Å²) in [6, 6.07) is 0. The Morgan fingerprint density at radius 2 is 1.64 bits per heavy atom. The maximum Gasteiger partial charge on any atom is 0.137 e. The summed E-state index contributed by atoms with van der Waals surface area (Å²) >= 11 is 1.88. The Labute approximate surface area is 78.3 Å². The minimum absolute atomic E-state index is 0.421. The van der Waals surface area contributed by atoms with Gasteiger partial charge in [0.1, 0.15) is 22.4 Å². The lowest BCUT2D eigenvalue weighted by Gasteiger charge is -2.36. The first kappa shape index (κ1) is 9.66. The fourth-order valence-electron chi connectivity index (χ4n) is 1.00. The highest BCUT2D eigenvalue weighted by atomic mass is 127. The normalized spacial score (nSPS) is 52.6. The predicted octanol–water partition coefficient (Wildman–Crippen LogP) is -0.751. The first-order valence-corrected chi connectivity index (χ1v) is 4.62. The molecule has 1 aliphatic heterocycles. The first-order valence-electron chi connectivity index (χ1n) is 3.37. The van der Waals surface area contributed by atoms with E-state index in [4.69, 9.17) is 4.74 Å². The van der Waals surface area contributed by atoms with Crippen LogP contribution in [0.15, 0.2) is 0 Å². The highest BCUT2D eigenvalue weighted by Gasteiger charge is 2.40. The van der Waals surface area contributed by atoms with Crippen molar-refractivity contribution in [1.82, 2.24) is 0 Å². The highest BCUT2D eigenvalue weighted by Crippen LogP contribution is 2.24. The van der Waals surface area contributed by atoms with Crippen LogP contribution in [0.1, 0.15) is 6.92 Å². The standard InChI is InChI=1S/C6H11IO4/c1-2-3(8)4(9)5(10)6(7)11-2/h2-6,8-10H,1H3/t2-,3+,4+,5-,6+/m0/s1. The van der Waals surface area contributed by atoms with Gasteiger partial charge in [0.2, 0.25) is 0 Å². The molecule has 0 unspecified atom stereocenters. The summed E-state index contributed by atoms with van der Waals surface area (Å²) in [7, 11) is 0. The average molecular weight is 274 g/mol. The van der Waals surface area contributed by atoms with Crippen LogP contribution in [0, 0.1) is 0 Å². The van der Waals surface area contributed by atoms with Crippen molar-refractivity contribution in [3.63, 3.8) is 0 Å². The third-order valence-electron chi connectivity index (χ3n) is 1.79. The van der Waals surface area contributed by atoms with Crippen molar-refractivity contribution in [2.24, 2.45) is 0 Å². The molecule has 66 valence electrons. The van der Waals surface area contributed by atoms with Crippen molar-refractivity contribution in [3.05, 3.63) is 0 Å². The summed E-state index contributed by atoms with van der Waals surface area (Å²) < 4.78 is 4.66. The predicted molar refractivity (Wildman–Crippen MR) is 46.4 cm³/mol. The van der Waals surface area contributed by atoms with Crippen molar-refractivity contribution in [3.8, 4) is 0 Å². The van der Waals surface area contributed by atoms with Crippen molar-refractivity contribution in [1.29, 1.82) is 0 Å². The summed E-state index contributed by atoms with van der Waals surface area (Å²) in [4.78, 5) is 0. The van der Waals surface area contributed by atoms with Gasteiger partial charge in [0, 0.05) is 0 Å². The molecule has 5 atom stereocenters. The van der Waals surface area contributed by atoms with E-state index in [0.29, 0.717) is 0 Å². The molecule has 0 radical (unpaired) electrons. The van der Waals surface area contributed by atoms with Crippen LogP contribution in [-0.2, 0) is 4.74 Å². The van der Waals surface area contributed by atoms with E-state index in [-0.39, 0.29) is 0 Å². The first-order chi connectivity index (χ1) is 5.04. The topological polar surface area (TPSA) is 69.9 Å². The Bertz CT molecular complexity index is 129. The number of aliphatic hydroxyl groups is 3. The Morgan fingerprint density at radius 1 is 1.09 bits per heavy atom. The number of ether oxygens (including phenoxy) is 1.